The molecule has 0 saturated carbocycles. The van der Waals surface area contributed by atoms with Crippen molar-refractivity contribution in [2.24, 2.45) is 10.1 Å². The molecule has 24 heavy (non-hydrogen) atoms. The van der Waals surface area contributed by atoms with Crippen LogP contribution in [-0.2, 0) is 19.7 Å². The zero-order valence-corrected chi connectivity index (χ0v) is 13.4. The first kappa shape index (κ1) is 16.9. The molecule has 0 bridgehead atoms. The van der Waals surface area contributed by atoms with Crippen LogP contribution in [-0.4, -0.2) is 62.8 Å². The van der Waals surface area contributed by atoms with Gasteiger partial charge in [0.1, 0.15) is 30.7 Å². The highest BCUT2D eigenvalue weighted by molar-refractivity contribution is 7.91. The number of hydrogen-bond donors (Lipinski definition) is 4. The maximum Gasteiger partial charge on any atom is 0.344 e. The van der Waals surface area contributed by atoms with Crippen LogP contribution in [0.3, 0.4) is 0 Å². The summed E-state index contributed by atoms with van der Waals surface area (Å²) < 4.78 is 44.5. The molecule has 2 heterocycles. The Hall–Kier alpha value is -1.92. The molecule has 0 aromatic heterocycles. The van der Waals surface area contributed by atoms with Crippen molar-refractivity contribution in [3.63, 3.8) is 0 Å². The number of rotatable bonds is 4. The molecule has 0 aliphatic carbocycles. The molecule has 0 spiro atoms. The predicted octanol–water partition coefficient (Wildman–Crippen LogP) is -1.47. The van der Waals surface area contributed by atoms with Gasteiger partial charge >= 0.3 is 10.2 Å². The van der Waals surface area contributed by atoms with Crippen LogP contribution in [0, 0.1) is 0 Å². The second kappa shape index (κ2) is 6.18. The predicted molar refractivity (Wildman–Crippen MR) is 82.9 cm³/mol. The molecule has 2 aliphatic rings. The van der Waals surface area contributed by atoms with Crippen LogP contribution < -0.4 is 15.2 Å². The van der Waals surface area contributed by atoms with Gasteiger partial charge in [-0.25, -0.2) is 0 Å². The van der Waals surface area contributed by atoms with E-state index in [-0.39, 0.29) is 23.9 Å². The molecular weight excluding hydrogens is 342 g/mol. The molecular formula is C13H17N3O7S. The minimum atomic E-state index is -3.88. The third kappa shape index (κ3) is 3.03. The number of anilines is 1. The maximum atomic E-state index is 11.5. The van der Waals surface area contributed by atoms with Crippen LogP contribution in [0.5, 0.6) is 5.75 Å². The van der Waals surface area contributed by atoms with E-state index in [4.69, 9.17) is 19.9 Å². The van der Waals surface area contributed by atoms with Gasteiger partial charge in [0.25, 0.3) is 0 Å². The summed E-state index contributed by atoms with van der Waals surface area (Å²) in [5, 5.41) is 19.7. The van der Waals surface area contributed by atoms with Gasteiger partial charge in [-0.1, -0.05) is 6.07 Å². The van der Waals surface area contributed by atoms with Gasteiger partial charge in [-0.15, -0.1) is 4.40 Å². The number of ether oxygens (including phenoxy) is 3. The summed E-state index contributed by atoms with van der Waals surface area (Å²) in [7, 11) is -2.53. The Morgan fingerprint density at radius 3 is 2.79 bits per heavy atom. The quantitative estimate of drug-likeness (QED) is 0.508. The molecule has 1 aromatic rings. The van der Waals surface area contributed by atoms with Gasteiger partial charge in [-0.2, -0.15) is 8.42 Å². The van der Waals surface area contributed by atoms with Crippen molar-refractivity contribution in [3.8, 4) is 5.75 Å². The summed E-state index contributed by atoms with van der Waals surface area (Å²) in [5.41, 5.74) is 6.24. The van der Waals surface area contributed by atoms with E-state index in [1.54, 1.807) is 12.1 Å². The Morgan fingerprint density at radius 1 is 1.38 bits per heavy atom. The van der Waals surface area contributed by atoms with Gasteiger partial charge in [-0.05, 0) is 12.1 Å². The van der Waals surface area contributed by atoms with E-state index in [0.29, 0.717) is 5.56 Å². The van der Waals surface area contributed by atoms with E-state index >= 15 is 0 Å². The molecule has 1 fully saturated rings. The number of nitrogens with one attached hydrogen (secondary N) is 1. The molecule has 5 N–H and O–H groups in total. The molecule has 1 aromatic carbocycles. The Balaban J connectivity index is 1.79. The molecule has 132 valence electrons. The first-order valence-corrected chi connectivity index (χ1v) is 8.45. The molecule has 1 unspecified atom stereocenters. The number of fused-ring (bicyclic) bond motifs is 1. The Labute approximate surface area is 138 Å². The summed E-state index contributed by atoms with van der Waals surface area (Å²) in [6, 6.07) is 4.67. The Bertz CT molecular complexity index is 767. The zero-order valence-electron chi connectivity index (χ0n) is 12.6. The number of nitrogens with two attached hydrogens (primary N) is 1. The van der Waals surface area contributed by atoms with Crippen LogP contribution in [0.4, 0.5) is 5.69 Å². The minimum absolute atomic E-state index is 0.103. The lowest BCUT2D eigenvalue weighted by Gasteiger charge is -2.21. The number of methoxy groups -OCH3 is 1. The fourth-order valence-electron chi connectivity index (χ4n) is 2.56. The Kier molecular flexibility index (Phi) is 4.36. The lowest BCUT2D eigenvalue weighted by molar-refractivity contribution is -0.152. The molecule has 0 radical (unpaired) electrons. The number of aliphatic hydroxyl groups excluding tert-OH is 2. The molecule has 0 amide bonds. The second-order valence-electron chi connectivity index (χ2n) is 5.30. The summed E-state index contributed by atoms with van der Waals surface area (Å²) in [6.45, 7) is -0.103. The first-order chi connectivity index (χ1) is 11.3. The van der Waals surface area contributed by atoms with E-state index in [1.165, 1.54) is 13.2 Å². The summed E-state index contributed by atoms with van der Waals surface area (Å²) in [6.07, 6.45) is -4.14. The molecule has 10 nitrogen and oxygen atoms in total. The SMILES string of the molecule is COC1O[C@H](COc2cccc3c2C(N)=NS(=O)(=O)N3)[C@@H](O)[C@H]1O. The lowest BCUT2D eigenvalue weighted by atomic mass is 10.1. The molecule has 11 heteroatoms. The molecule has 2 aliphatic heterocycles. The van der Waals surface area contributed by atoms with Gasteiger partial charge in [0.2, 0.25) is 0 Å². The molecule has 4 atom stereocenters. The molecule has 1 saturated heterocycles. The van der Waals surface area contributed by atoms with Crippen LogP contribution in [0.1, 0.15) is 5.56 Å². The van der Waals surface area contributed by atoms with E-state index in [0.717, 1.165) is 0 Å². The average Bonchev–Trinajstić information content (AvgIpc) is 2.78. The largest absolute Gasteiger partial charge is 0.490 e. The van der Waals surface area contributed by atoms with Crippen molar-refractivity contribution >= 4 is 21.7 Å². The highest BCUT2D eigenvalue weighted by Crippen LogP contribution is 2.31. The van der Waals surface area contributed by atoms with Crippen LogP contribution in [0.25, 0.3) is 0 Å². The number of benzene rings is 1. The van der Waals surface area contributed by atoms with E-state index < -0.39 is 34.8 Å². The van der Waals surface area contributed by atoms with Gasteiger partial charge in [0, 0.05) is 7.11 Å². The fourth-order valence-corrected chi connectivity index (χ4v) is 3.40. The Morgan fingerprint density at radius 2 is 2.12 bits per heavy atom. The van der Waals surface area contributed by atoms with Crippen molar-refractivity contribution in [2.75, 3.05) is 18.4 Å². The summed E-state index contributed by atoms with van der Waals surface area (Å²) in [4.78, 5) is 0. The van der Waals surface area contributed by atoms with E-state index in [9.17, 15) is 18.6 Å². The van der Waals surface area contributed by atoms with Gasteiger partial charge in [0.05, 0.1) is 11.3 Å². The van der Waals surface area contributed by atoms with Gasteiger partial charge in [0.15, 0.2) is 12.1 Å². The monoisotopic (exact) mass is 359 g/mol. The maximum absolute atomic E-state index is 11.5. The third-order valence-electron chi connectivity index (χ3n) is 3.69. The standard InChI is InChI=1S/C13H17N3O7S/c1-21-13-11(18)10(17)8(23-13)5-22-7-4-2-3-6-9(7)12(14)16-24(19,20)15-6/h2-4,8,10-11,13,15,17-18H,5H2,1H3,(H2,14,16)/t8-,10-,11-,13?/m1/s1. The smallest absolute Gasteiger partial charge is 0.344 e. The minimum Gasteiger partial charge on any atom is -0.490 e. The van der Waals surface area contributed by atoms with Crippen molar-refractivity contribution in [1.82, 2.24) is 0 Å². The van der Waals surface area contributed by atoms with E-state index in [1.807, 2.05) is 0 Å². The van der Waals surface area contributed by atoms with Crippen molar-refractivity contribution in [2.45, 2.75) is 24.6 Å². The highest BCUT2D eigenvalue weighted by Gasteiger charge is 2.43. The van der Waals surface area contributed by atoms with Crippen molar-refractivity contribution < 1.29 is 32.8 Å². The zero-order chi connectivity index (χ0) is 17.5. The van der Waals surface area contributed by atoms with Crippen LogP contribution in [0.2, 0.25) is 0 Å². The van der Waals surface area contributed by atoms with E-state index in [2.05, 4.69) is 9.12 Å². The summed E-state index contributed by atoms with van der Waals surface area (Å²) >= 11 is 0. The van der Waals surface area contributed by atoms with Crippen molar-refractivity contribution in [3.05, 3.63) is 23.8 Å². The van der Waals surface area contributed by atoms with Crippen LogP contribution >= 0.6 is 0 Å². The third-order valence-corrected chi connectivity index (χ3v) is 4.61. The van der Waals surface area contributed by atoms with Crippen molar-refractivity contribution in [1.29, 1.82) is 0 Å². The number of amidine groups is 1. The van der Waals surface area contributed by atoms with Gasteiger partial charge in [-0.3, -0.25) is 4.72 Å². The highest BCUT2D eigenvalue weighted by atomic mass is 32.2. The first-order valence-electron chi connectivity index (χ1n) is 7.01. The lowest BCUT2D eigenvalue weighted by Crippen LogP contribution is -2.35. The number of aliphatic hydroxyl groups is 2. The number of hydrogen-bond acceptors (Lipinski definition) is 8. The average molecular weight is 359 g/mol. The normalized spacial score (nSPS) is 31.0. The second-order valence-corrected chi connectivity index (χ2v) is 6.64. The van der Waals surface area contributed by atoms with Crippen LogP contribution in [0.15, 0.2) is 22.6 Å². The summed E-state index contributed by atoms with van der Waals surface area (Å²) in [5.74, 6) is 0.0596. The van der Waals surface area contributed by atoms with Gasteiger partial charge < -0.3 is 30.2 Å². The number of nitrogens with zero attached hydrogens (tertiary/aromatic N) is 1. The topological polar surface area (TPSA) is 153 Å². The molecule has 3 rings (SSSR count). The fraction of sp³-hybridized carbons (Fsp3) is 0.462.